The van der Waals surface area contributed by atoms with E-state index in [4.69, 9.17) is 5.73 Å². The zero-order valence-corrected chi connectivity index (χ0v) is 8.10. The van der Waals surface area contributed by atoms with Gasteiger partial charge in [0.1, 0.15) is 5.78 Å². The molecule has 0 saturated carbocycles. The van der Waals surface area contributed by atoms with Crippen molar-refractivity contribution in [2.45, 2.75) is 33.1 Å². The van der Waals surface area contributed by atoms with Crippen molar-refractivity contribution in [3.8, 4) is 0 Å². The van der Waals surface area contributed by atoms with Gasteiger partial charge in [0.25, 0.3) is 0 Å². The van der Waals surface area contributed by atoms with E-state index >= 15 is 0 Å². The van der Waals surface area contributed by atoms with Crippen molar-refractivity contribution in [2.75, 3.05) is 6.54 Å². The van der Waals surface area contributed by atoms with Gasteiger partial charge in [-0.2, -0.15) is 0 Å². The zero-order chi connectivity index (χ0) is 9.56. The number of allylic oxidation sites excluding steroid dienone is 1. The van der Waals surface area contributed by atoms with Crippen LogP contribution in [0.15, 0.2) is 12.2 Å². The van der Waals surface area contributed by atoms with Crippen LogP contribution < -0.4 is 5.73 Å². The second kappa shape index (κ2) is 5.95. The fraction of sp³-hybridized carbons (Fsp3) is 0.700. The number of ketones is 1. The molecular weight excluding hydrogens is 150 g/mol. The van der Waals surface area contributed by atoms with Crippen molar-refractivity contribution in [3.63, 3.8) is 0 Å². The largest absolute Gasteiger partial charge is 0.330 e. The van der Waals surface area contributed by atoms with Crippen molar-refractivity contribution in [1.29, 1.82) is 0 Å². The van der Waals surface area contributed by atoms with Crippen LogP contribution in [-0.2, 0) is 4.79 Å². The molecule has 0 saturated heterocycles. The summed E-state index contributed by atoms with van der Waals surface area (Å²) in [5.41, 5.74) is 6.51. The SMILES string of the molecule is C=C(C)CCC(=O)C(CC)CN. The maximum absolute atomic E-state index is 11.4. The van der Waals surface area contributed by atoms with E-state index in [2.05, 4.69) is 6.58 Å². The third kappa shape index (κ3) is 4.29. The topological polar surface area (TPSA) is 43.1 Å². The lowest BCUT2D eigenvalue weighted by Gasteiger charge is -2.09. The molecule has 0 radical (unpaired) electrons. The molecule has 0 bridgehead atoms. The van der Waals surface area contributed by atoms with Gasteiger partial charge in [-0.05, 0) is 19.8 Å². The highest BCUT2D eigenvalue weighted by Crippen LogP contribution is 2.09. The lowest BCUT2D eigenvalue weighted by atomic mass is 9.97. The molecule has 2 nitrogen and oxygen atoms in total. The van der Waals surface area contributed by atoms with Crippen LogP contribution in [0.25, 0.3) is 0 Å². The lowest BCUT2D eigenvalue weighted by Crippen LogP contribution is -2.22. The Balaban J connectivity index is 3.77. The van der Waals surface area contributed by atoms with Gasteiger partial charge in [0, 0.05) is 18.9 Å². The average Bonchev–Trinajstić information content (AvgIpc) is 2.03. The number of Topliss-reactive ketones (excluding diaryl/α,β-unsaturated/α-hetero) is 1. The highest BCUT2D eigenvalue weighted by Gasteiger charge is 2.13. The van der Waals surface area contributed by atoms with E-state index in [1.54, 1.807) is 0 Å². The second-order valence-corrected chi connectivity index (χ2v) is 3.26. The molecule has 0 amide bonds. The Morgan fingerprint density at radius 3 is 2.42 bits per heavy atom. The average molecular weight is 169 g/mol. The predicted octanol–water partition coefficient (Wildman–Crippen LogP) is 1.90. The van der Waals surface area contributed by atoms with Gasteiger partial charge < -0.3 is 5.73 Å². The number of nitrogens with two attached hydrogens (primary N) is 1. The molecule has 1 unspecified atom stereocenters. The molecular formula is C10H19NO. The van der Waals surface area contributed by atoms with Crippen LogP contribution in [0.4, 0.5) is 0 Å². The van der Waals surface area contributed by atoms with Crippen molar-refractivity contribution >= 4 is 5.78 Å². The maximum atomic E-state index is 11.4. The summed E-state index contributed by atoms with van der Waals surface area (Å²) in [7, 11) is 0. The van der Waals surface area contributed by atoms with Crippen LogP contribution in [0, 0.1) is 5.92 Å². The third-order valence-electron chi connectivity index (χ3n) is 2.03. The lowest BCUT2D eigenvalue weighted by molar-refractivity contribution is -0.122. The zero-order valence-electron chi connectivity index (χ0n) is 8.10. The first kappa shape index (κ1) is 11.4. The van der Waals surface area contributed by atoms with Crippen molar-refractivity contribution < 1.29 is 4.79 Å². The summed E-state index contributed by atoms with van der Waals surface area (Å²) in [5.74, 6) is 0.340. The molecule has 2 heteroatoms. The summed E-state index contributed by atoms with van der Waals surface area (Å²) in [6.07, 6.45) is 2.26. The van der Waals surface area contributed by atoms with Gasteiger partial charge >= 0.3 is 0 Å². The van der Waals surface area contributed by atoms with Crippen LogP contribution in [0.2, 0.25) is 0 Å². The summed E-state index contributed by atoms with van der Waals surface area (Å²) in [6, 6.07) is 0. The minimum atomic E-state index is 0.0596. The number of hydrogen-bond acceptors (Lipinski definition) is 2. The van der Waals surface area contributed by atoms with Crippen LogP contribution in [0.1, 0.15) is 33.1 Å². The monoisotopic (exact) mass is 169 g/mol. The van der Waals surface area contributed by atoms with Gasteiger partial charge in [-0.3, -0.25) is 4.79 Å². The highest BCUT2D eigenvalue weighted by molar-refractivity contribution is 5.81. The van der Waals surface area contributed by atoms with Crippen LogP contribution in [0.3, 0.4) is 0 Å². The first-order valence-corrected chi connectivity index (χ1v) is 4.49. The van der Waals surface area contributed by atoms with Gasteiger partial charge in [0.15, 0.2) is 0 Å². The van der Waals surface area contributed by atoms with Crippen molar-refractivity contribution in [1.82, 2.24) is 0 Å². The van der Waals surface area contributed by atoms with Gasteiger partial charge in [-0.25, -0.2) is 0 Å². The summed E-state index contributed by atoms with van der Waals surface area (Å²) >= 11 is 0. The number of carbonyl (C=O) groups excluding carboxylic acids is 1. The van der Waals surface area contributed by atoms with E-state index in [0.717, 1.165) is 18.4 Å². The maximum Gasteiger partial charge on any atom is 0.137 e. The fourth-order valence-corrected chi connectivity index (χ4v) is 1.07. The first-order valence-electron chi connectivity index (χ1n) is 4.49. The van der Waals surface area contributed by atoms with E-state index in [-0.39, 0.29) is 11.7 Å². The van der Waals surface area contributed by atoms with E-state index in [0.29, 0.717) is 13.0 Å². The normalized spacial score (nSPS) is 12.6. The Morgan fingerprint density at radius 1 is 1.50 bits per heavy atom. The van der Waals surface area contributed by atoms with Crippen LogP contribution in [0.5, 0.6) is 0 Å². The first-order chi connectivity index (χ1) is 5.61. The molecule has 0 aliphatic carbocycles. The molecule has 0 aromatic heterocycles. The third-order valence-corrected chi connectivity index (χ3v) is 2.03. The van der Waals surface area contributed by atoms with Crippen LogP contribution in [-0.4, -0.2) is 12.3 Å². The number of hydrogen-bond donors (Lipinski definition) is 1. The Morgan fingerprint density at radius 2 is 2.08 bits per heavy atom. The molecule has 0 aromatic carbocycles. The number of rotatable bonds is 6. The molecule has 0 aromatic rings. The molecule has 0 fully saturated rings. The minimum absolute atomic E-state index is 0.0596. The highest BCUT2D eigenvalue weighted by atomic mass is 16.1. The van der Waals surface area contributed by atoms with E-state index in [9.17, 15) is 4.79 Å². The van der Waals surface area contributed by atoms with Crippen molar-refractivity contribution in [2.24, 2.45) is 11.7 Å². The van der Waals surface area contributed by atoms with Gasteiger partial charge in [-0.15, -0.1) is 6.58 Å². The van der Waals surface area contributed by atoms with E-state index in [1.165, 1.54) is 0 Å². The summed E-state index contributed by atoms with van der Waals surface area (Å²) in [5, 5.41) is 0. The molecule has 0 aliphatic rings. The number of carbonyl (C=O) groups is 1. The van der Waals surface area contributed by atoms with E-state index in [1.807, 2.05) is 13.8 Å². The van der Waals surface area contributed by atoms with Gasteiger partial charge in [-0.1, -0.05) is 12.5 Å². The molecule has 0 spiro atoms. The van der Waals surface area contributed by atoms with Gasteiger partial charge in [0.05, 0.1) is 0 Å². The smallest absolute Gasteiger partial charge is 0.137 e. The minimum Gasteiger partial charge on any atom is -0.330 e. The second-order valence-electron chi connectivity index (χ2n) is 3.26. The van der Waals surface area contributed by atoms with Crippen molar-refractivity contribution in [3.05, 3.63) is 12.2 Å². The Labute approximate surface area is 74.8 Å². The summed E-state index contributed by atoms with van der Waals surface area (Å²) < 4.78 is 0. The molecule has 1 atom stereocenters. The van der Waals surface area contributed by atoms with E-state index < -0.39 is 0 Å². The Bertz CT molecular complexity index is 159. The summed E-state index contributed by atoms with van der Waals surface area (Å²) in [4.78, 5) is 11.4. The Kier molecular flexibility index (Phi) is 5.64. The Hall–Kier alpha value is -0.630. The molecule has 0 aliphatic heterocycles. The van der Waals surface area contributed by atoms with Crippen LogP contribution >= 0.6 is 0 Å². The quantitative estimate of drug-likeness (QED) is 0.617. The standard InChI is InChI=1S/C10H19NO/c1-4-9(7-11)10(12)6-5-8(2)3/h9H,2,4-7,11H2,1,3H3. The summed E-state index contributed by atoms with van der Waals surface area (Å²) in [6.45, 7) is 8.17. The molecule has 0 rings (SSSR count). The molecule has 70 valence electrons. The fourth-order valence-electron chi connectivity index (χ4n) is 1.07. The predicted molar refractivity (Wildman–Crippen MR) is 51.9 cm³/mol. The molecule has 0 heterocycles. The molecule has 12 heavy (non-hydrogen) atoms. The van der Waals surface area contributed by atoms with Gasteiger partial charge in [0.2, 0.25) is 0 Å². The molecule has 2 N–H and O–H groups in total.